The van der Waals surface area contributed by atoms with Gasteiger partial charge < -0.3 is 9.80 Å². The molecule has 0 aromatic heterocycles. The Morgan fingerprint density at radius 3 is 0.831 bits per heavy atom. The number of halogens is 1. The van der Waals surface area contributed by atoms with Gasteiger partial charge in [-0.1, -0.05) is 298 Å². The van der Waals surface area contributed by atoms with Gasteiger partial charge in [0.15, 0.2) is 0 Å². The first-order valence-corrected chi connectivity index (χ1v) is 30.9. The molecule has 0 aliphatic carbocycles. The van der Waals surface area contributed by atoms with E-state index in [1.165, 1.54) is 5.56 Å². The van der Waals surface area contributed by atoms with E-state index >= 15 is 0 Å². The molecule has 14 rings (SSSR count). The molecule has 2 nitrogen and oxygen atoms in total. The third kappa shape index (κ3) is 11.9. The molecule has 0 saturated carbocycles. The van der Waals surface area contributed by atoms with Crippen LogP contribution < -0.4 is 9.80 Å². The maximum atomic E-state index is 7.27. The lowest BCUT2D eigenvalue weighted by molar-refractivity contribution is 1.13. The number of hydrogen-bond acceptors (Lipinski definition) is 2. The fourth-order valence-electron chi connectivity index (χ4n) is 12.5. The smallest absolute Gasteiger partial charge is 0.0618 e. The number of benzene rings is 14. The highest BCUT2D eigenvalue weighted by Crippen LogP contribution is 2.53. The molecule has 0 aliphatic rings. The quantitative estimate of drug-likeness (QED) is 0.0951. The van der Waals surface area contributed by atoms with E-state index in [0.717, 1.165) is 141 Å². The van der Waals surface area contributed by atoms with Gasteiger partial charge in [0.05, 0.1) is 11.4 Å². The zero-order valence-corrected chi connectivity index (χ0v) is 50.2. The minimum Gasteiger partial charge on any atom is -0.309 e. The maximum absolute atomic E-state index is 7.27. The van der Waals surface area contributed by atoms with E-state index in [1.54, 1.807) is 0 Å². The molecule has 3 heteroatoms. The van der Waals surface area contributed by atoms with Gasteiger partial charge in [-0.2, -0.15) is 0 Å². The lowest BCUT2D eigenvalue weighted by Gasteiger charge is -2.34. The lowest BCUT2D eigenvalue weighted by atomic mass is 9.90. The number of anilines is 6. The van der Waals surface area contributed by atoms with Gasteiger partial charge in [0, 0.05) is 50.0 Å². The second-order valence-electron chi connectivity index (χ2n) is 22.5. The second kappa shape index (κ2) is 25.5. The number of aryl methyl sites for hydroxylation is 1. The standard InChI is InChI=1S/C86H63ClN2/c1-2-61-26-18-46-77(52-61)88(85-81(71-41-19-37-67(53-71)62-27-8-3-9-28-62)48-24-49-82(85)72-42-20-38-68(54-72)63-29-10-4-11-30-63)79-57-75(66-35-16-7-17-36-66)58-80(60-79)89(78-47-23-45-76(87)59-78)86-83(73-43-21-39-69(55-73)64-31-12-5-13-32-64)50-25-51-84(86)74-44-22-40-70(56-74)65-33-14-6-15-34-65/h3-60H,2H2,1H3. The average molecular weight is 1160 g/mol. The molecular formula is C86H63ClN2. The van der Waals surface area contributed by atoms with Gasteiger partial charge in [-0.3, -0.25) is 0 Å². The van der Waals surface area contributed by atoms with Crippen molar-refractivity contribution in [3.05, 3.63) is 362 Å². The SMILES string of the molecule is CCc1cccc(N(c2cc(-c3ccccc3)cc(N(c3cccc(Cl)c3)c3c(-c4cccc(-c5ccccc5)c4)cccc3-c3cccc(-c4ccccc4)c3)c2)c2c(-c3cccc(-c4ccccc4)c3)cccc2-c2cccc(-c3ccccc3)c2)c1. The summed E-state index contributed by atoms with van der Waals surface area (Å²) in [4.78, 5) is 4.98. The summed E-state index contributed by atoms with van der Waals surface area (Å²) in [6.45, 7) is 2.24. The van der Waals surface area contributed by atoms with E-state index in [0.29, 0.717) is 5.02 Å². The van der Waals surface area contributed by atoms with Gasteiger partial charge in [-0.05, 0) is 163 Å². The topological polar surface area (TPSA) is 6.48 Å². The van der Waals surface area contributed by atoms with E-state index in [9.17, 15) is 0 Å². The molecule has 0 fully saturated rings. The third-order valence-corrected chi connectivity index (χ3v) is 17.0. The summed E-state index contributed by atoms with van der Waals surface area (Å²) in [6, 6.07) is 128. The Morgan fingerprint density at radius 1 is 0.213 bits per heavy atom. The van der Waals surface area contributed by atoms with Gasteiger partial charge in [-0.25, -0.2) is 0 Å². The number of nitrogens with zero attached hydrogens (tertiary/aromatic N) is 2. The van der Waals surface area contributed by atoms with Crippen molar-refractivity contribution in [3.63, 3.8) is 0 Å². The average Bonchev–Trinajstić information content (AvgIpc) is 2.22. The Hall–Kier alpha value is -11.0. The van der Waals surface area contributed by atoms with Crippen LogP contribution >= 0.6 is 11.6 Å². The Labute approximate surface area is 528 Å². The first-order chi connectivity index (χ1) is 44.0. The molecule has 0 amide bonds. The Morgan fingerprint density at radius 2 is 0.494 bits per heavy atom. The third-order valence-electron chi connectivity index (χ3n) is 16.8. The number of hydrogen-bond donors (Lipinski definition) is 0. The second-order valence-corrected chi connectivity index (χ2v) is 22.9. The highest BCUT2D eigenvalue weighted by Gasteiger charge is 2.28. The van der Waals surface area contributed by atoms with Crippen LogP contribution in [0.25, 0.3) is 100 Å². The van der Waals surface area contributed by atoms with E-state index in [2.05, 4.69) is 363 Å². The van der Waals surface area contributed by atoms with Gasteiger partial charge in [0.25, 0.3) is 0 Å². The molecule has 0 spiro atoms. The summed E-state index contributed by atoms with van der Waals surface area (Å²) in [6.07, 6.45) is 0.864. The van der Waals surface area contributed by atoms with Crippen LogP contribution in [0.1, 0.15) is 12.5 Å². The van der Waals surface area contributed by atoms with Gasteiger partial charge in [0.1, 0.15) is 0 Å². The fraction of sp³-hybridized carbons (Fsp3) is 0.0233. The zero-order valence-electron chi connectivity index (χ0n) is 49.5. The first kappa shape index (κ1) is 55.8. The summed E-state index contributed by atoms with van der Waals surface area (Å²) in [7, 11) is 0. The molecule has 0 unspecified atom stereocenters. The van der Waals surface area contributed by atoms with Crippen molar-refractivity contribution in [2.24, 2.45) is 0 Å². The van der Waals surface area contributed by atoms with Crippen molar-refractivity contribution in [2.75, 3.05) is 9.80 Å². The molecule has 0 atom stereocenters. The molecule has 0 heterocycles. The van der Waals surface area contributed by atoms with Crippen LogP contribution in [0.2, 0.25) is 5.02 Å². The van der Waals surface area contributed by atoms with Crippen LogP contribution in [0.4, 0.5) is 34.1 Å². The van der Waals surface area contributed by atoms with Crippen LogP contribution in [-0.4, -0.2) is 0 Å². The van der Waals surface area contributed by atoms with E-state index in [-0.39, 0.29) is 0 Å². The molecule has 14 aromatic rings. The summed E-state index contributed by atoms with van der Waals surface area (Å²) in [5.74, 6) is 0. The van der Waals surface area contributed by atoms with Crippen LogP contribution in [-0.2, 0) is 6.42 Å². The zero-order chi connectivity index (χ0) is 59.9. The summed E-state index contributed by atoms with van der Waals surface area (Å²) < 4.78 is 0. The summed E-state index contributed by atoms with van der Waals surface area (Å²) in [5.41, 5.74) is 27.2. The molecule has 0 N–H and O–H groups in total. The monoisotopic (exact) mass is 1160 g/mol. The van der Waals surface area contributed by atoms with Crippen molar-refractivity contribution >= 4 is 45.7 Å². The van der Waals surface area contributed by atoms with Crippen molar-refractivity contribution in [3.8, 4) is 100 Å². The van der Waals surface area contributed by atoms with E-state index < -0.39 is 0 Å². The van der Waals surface area contributed by atoms with Gasteiger partial charge >= 0.3 is 0 Å². The van der Waals surface area contributed by atoms with Crippen LogP contribution in [0.3, 0.4) is 0 Å². The van der Waals surface area contributed by atoms with E-state index in [4.69, 9.17) is 11.6 Å². The maximum Gasteiger partial charge on any atom is 0.0618 e. The minimum absolute atomic E-state index is 0.634. The van der Waals surface area contributed by atoms with Crippen LogP contribution in [0, 0.1) is 0 Å². The molecular weight excluding hydrogens is 1100 g/mol. The van der Waals surface area contributed by atoms with Gasteiger partial charge in [0.2, 0.25) is 0 Å². The van der Waals surface area contributed by atoms with Crippen molar-refractivity contribution in [1.82, 2.24) is 0 Å². The van der Waals surface area contributed by atoms with Crippen LogP contribution in [0.5, 0.6) is 0 Å². The molecule has 0 radical (unpaired) electrons. The highest BCUT2D eigenvalue weighted by atomic mass is 35.5. The first-order valence-electron chi connectivity index (χ1n) is 30.5. The highest BCUT2D eigenvalue weighted by molar-refractivity contribution is 6.31. The van der Waals surface area contributed by atoms with Gasteiger partial charge in [-0.15, -0.1) is 0 Å². The Kier molecular flexibility index (Phi) is 16.0. The normalized spacial score (nSPS) is 11.1. The Balaban J connectivity index is 1.09. The fourth-order valence-corrected chi connectivity index (χ4v) is 12.7. The predicted molar refractivity (Wildman–Crippen MR) is 379 cm³/mol. The largest absolute Gasteiger partial charge is 0.309 e. The molecule has 424 valence electrons. The van der Waals surface area contributed by atoms with Crippen molar-refractivity contribution in [1.29, 1.82) is 0 Å². The Bertz CT molecular complexity index is 4570. The molecule has 0 aliphatic heterocycles. The predicted octanol–water partition coefficient (Wildman–Crippen LogP) is 24.8. The number of para-hydroxylation sites is 2. The molecule has 14 aromatic carbocycles. The molecule has 0 bridgehead atoms. The van der Waals surface area contributed by atoms with E-state index in [1.807, 2.05) is 6.07 Å². The number of rotatable bonds is 16. The summed E-state index contributed by atoms with van der Waals surface area (Å²) in [5, 5.41) is 0.634. The van der Waals surface area contributed by atoms with Crippen molar-refractivity contribution in [2.45, 2.75) is 13.3 Å². The summed E-state index contributed by atoms with van der Waals surface area (Å²) >= 11 is 7.27. The molecule has 89 heavy (non-hydrogen) atoms. The lowest BCUT2D eigenvalue weighted by Crippen LogP contribution is -2.16. The van der Waals surface area contributed by atoms with Crippen LogP contribution in [0.15, 0.2) is 352 Å². The van der Waals surface area contributed by atoms with Crippen molar-refractivity contribution < 1.29 is 0 Å². The minimum atomic E-state index is 0.634. The molecule has 0 saturated heterocycles.